The number of hydrogen-bond acceptors (Lipinski definition) is 6. The van der Waals surface area contributed by atoms with Crippen LogP contribution in [0.25, 0.3) is 10.9 Å². The smallest absolute Gasteiger partial charge is 0.191 e. The van der Waals surface area contributed by atoms with Gasteiger partial charge in [0.2, 0.25) is 0 Å². The summed E-state index contributed by atoms with van der Waals surface area (Å²) in [4.78, 5) is 12.9. The Labute approximate surface area is 120 Å². The van der Waals surface area contributed by atoms with E-state index in [2.05, 4.69) is 21.0 Å². The SMILES string of the molecule is Nc1cc(N)nc(SCc2ccc3ccccc3n2)n1. The van der Waals surface area contributed by atoms with Gasteiger partial charge in [0.15, 0.2) is 5.16 Å². The maximum atomic E-state index is 5.64. The van der Waals surface area contributed by atoms with Crippen molar-refractivity contribution in [3.05, 3.63) is 48.2 Å². The Balaban J connectivity index is 1.79. The van der Waals surface area contributed by atoms with Gasteiger partial charge in [-0.25, -0.2) is 9.97 Å². The fourth-order valence-corrected chi connectivity index (χ4v) is 2.63. The Morgan fingerprint density at radius 3 is 2.45 bits per heavy atom. The largest absolute Gasteiger partial charge is 0.383 e. The quantitative estimate of drug-likeness (QED) is 0.567. The molecule has 4 N–H and O–H groups in total. The van der Waals surface area contributed by atoms with Crippen LogP contribution < -0.4 is 11.5 Å². The molecule has 20 heavy (non-hydrogen) atoms. The van der Waals surface area contributed by atoms with Crippen LogP contribution in [0.15, 0.2) is 47.6 Å². The molecule has 100 valence electrons. The van der Waals surface area contributed by atoms with Crippen molar-refractivity contribution in [3.8, 4) is 0 Å². The molecule has 6 heteroatoms. The van der Waals surface area contributed by atoms with E-state index >= 15 is 0 Å². The first-order valence-electron chi connectivity index (χ1n) is 6.08. The molecule has 0 aliphatic heterocycles. The van der Waals surface area contributed by atoms with Crippen LogP contribution in [0.2, 0.25) is 0 Å². The first kappa shape index (κ1) is 12.7. The second kappa shape index (κ2) is 5.34. The first-order valence-corrected chi connectivity index (χ1v) is 7.07. The maximum Gasteiger partial charge on any atom is 0.191 e. The molecule has 0 radical (unpaired) electrons. The molecule has 3 aromatic rings. The van der Waals surface area contributed by atoms with Gasteiger partial charge in [-0.2, -0.15) is 0 Å². The maximum absolute atomic E-state index is 5.64. The summed E-state index contributed by atoms with van der Waals surface area (Å²) in [6, 6.07) is 13.6. The number of benzene rings is 1. The molecule has 0 amide bonds. The number of nitrogens with two attached hydrogens (primary N) is 2. The molecule has 0 saturated heterocycles. The Morgan fingerprint density at radius 1 is 0.900 bits per heavy atom. The van der Waals surface area contributed by atoms with Crippen molar-refractivity contribution in [1.82, 2.24) is 15.0 Å². The Morgan fingerprint density at radius 2 is 1.65 bits per heavy atom. The highest BCUT2D eigenvalue weighted by molar-refractivity contribution is 7.98. The first-order chi connectivity index (χ1) is 9.70. The Bertz CT molecular complexity index is 739. The molecule has 0 aliphatic carbocycles. The standard InChI is InChI=1S/C14H13N5S/c15-12-7-13(16)19-14(18-12)20-8-10-6-5-9-3-1-2-4-11(9)17-10/h1-7H,8H2,(H4,15,16,18,19). The van der Waals surface area contributed by atoms with E-state index in [1.165, 1.54) is 11.8 Å². The van der Waals surface area contributed by atoms with Crippen molar-refractivity contribution >= 4 is 34.3 Å². The molecular formula is C14H13N5S. The van der Waals surface area contributed by atoms with E-state index in [1.807, 2.05) is 30.3 Å². The molecule has 0 atom stereocenters. The van der Waals surface area contributed by atoms with Gasteiger partial charge in [-0.15, -0.1) is 0 Å². The summed E-state index contributed by atoms with van der Waals surface area (Å²) in [5.74, 6) is 1.44. The third kappa shape index (κ3) is 2.80. The molecule has 2 heterocycles. The van der Waals surface area contributed by atoms with Crippen molar-refractivity contribution in [2.24, 2.45) is 0 Å². The summed E-state index contributed by atoms with van der Waals surface area (Å²) in [7, 11) is 0. The predicted molar refractivity (Wildman–Crippen MR) is 82.2 cm³/mol. The molecule has 0 bridgehead atoms. The van der Waals surface area contributed by atoms with Crippen molar-refractivity contribution < 1.29 is 0 Å². The number of nitrogen functional groups attached to an aromatic ring is 2. The third-order valence-electron chi connectivity index (χ3n) is 2.75. The van der Waals surface area contributed by atoms with Gasteiger partial charge < -0.3 is 11.5 Å². The highest BCUT2D eigenvalue weighted by Crippen LogP contribution is 2.21. The van der Waals surface area contributed by atoms with Gasteiger partial charge >= 0.3 is 0 Å². The molecule has 5 nitrogen and oxygen atoms in total. The van der Waals surface area contributed by atoms with Crippen molar-refractivity contribution in [1.29, 1.82) is 0 Å². The second-order valence-electron chi connectivity index (χ2n) is 4.28. The average molecular weight is 283 g/mol. The molecular weight excluding hydrogens is 270 g/mol. The van der Waals surface area contributed by atoms with Crippen LogP contribution in [-0.4, -0.2) is 15.0 Å². The zero-order valence-electron chi connectivity index (χ0n) is 10.7. The normalized spacial score (nSPS) is 10.8. The van der Waals surface area contributed by atoms with Crippen LogP contribution in [0.5, 0.6) is 0 Å². The van der Waals surface area contributed by atoms with Gasteiger partial charge in [0, 0.05) is 17.2 Å². The lowest BCUT2D eigenvalue weighted by Gasteiger charge is -2.04. The topological polar surface area (TPSA) is 90.7 Å². The highest BCUT2D eigenvalue weighted by Gasteiger charge is 2.04. The Hall–Kier alpha value is -2.34. The number of thioether (sulfide) groups is 1. The van der Waals surface area contributed by atoms with Crippen LogP contribution in [0.4, 0.5) is 11.6 Å². The van der Waals surface area contributed by atoms with Gasteiger partial charge in [0.1, 0.15) is 11.6 Å². The zero-order chi connectivity index (χ0) is 13.9. The van der Waals surface area contributed by atoms with Gasteiger partial charge in [0.25, 0.3) is 0 Å². The predicted octanol–water partition coefficient (Wildman–Crippen LogP) is 2.48. The highest BCUT2D eigenvalue weighted by atomic mass is 32.2. The summed E-state index contributed by atoms with van der Waals surface area (Å²) in [6.07, 6.45) is 0. The molecule has 2 aromatic heterocycles. The zero-order valence-corrected chi connectivity index (χ0v) is 11.5. The fourth-order valence-electron chi connectivity index (χ4n) is 1.85. The van der Waals surface area contributed by atoms with E-state index in [9.17, 15) is 0 Å². The summed E-state index contributed by atoms with van der Waals surface area (Å²) < 4.78 is 0. The lowest BCUT2D eigenvalue weighted by atomic mass is 10.2. The van der Waals surface area contributed by atoms with Crippen molar-refractivity contribution in [2.75, 3.05) is 11.5 Å². The summed E-state index contributed by atoms with van der Waals surface area (Å²) >= 11 is 1.47. The number of fused-ring (bicyclic) bond motifs is 1. The number of anilines is 2. The van der Waals surface area contributed by atoms with Crippen LogP contribution in [0.3, 0.4) is 0 Å². The van der Waals surface area contributed by atoms with Crippen molar-refractivity contribution in [2.45, 2.75) is 10.9 Å². The number of aromatic nitrogens is 3. The molecule has 3 rings (SSSR count). The number of pyridine rings is 1. The lowest BCUT2D eigenvalue weighted by molar-refractivity contribution is 0.982. The second-order valence-corrected chi connectivity index (χ2v) is 5.23. The van der Waals surface area contributed by atoms with Crippen LogP contribution >= 0.6 is 11.8 Å². The number of rotatable bonds is 3. The minimum absolute atomic E-state index is 0.381. The number of hydrogen-bond donors (Lipinski definition) is 2. The number of nitrogens with zero attached hydrogens (tertiary/aromatic N) is 3. The molecule has 0 spiro atoms. The van der Waals surface area contributed by atoms with E-state index in [-0.39, 0.29) is 0 Å². The minimum Gasteiger partial charge on any atom is -0.383 e. The van der Waals surface area contributed by atoms with E-state index < -0.39 is 0 Å². The molecule has 0 saturated carbocycles. The average Bonchev–Trinajstić information content (AvgIpc) is 2.44. The summed E-state index contributed by atoms with van der Waals surface area (Å²) in [6.45, 7) is 0. The molecule has 0 fully saturated rings. The Kier molecular flexibility index (Phi) is 3.39. The van der Waals surface area contributed by atoms with Gasteiger partial charge in [-0.1, -0.05) is 36.0 Å². The molecule has 0 unspecified atom stereocenters. The monoisotopic (exact) mass is 283 g/mol. The van der Waals surface area contributed by atoms with Gasteiger partial charge in [0.05, 0.1) is 11.2 Å². The molecule has 0 aliphatic rings. The summed E-state index contributed by atoms with van der Waals surface area (Å²) in [5.41, 5.74) is 13.2. The third-order valence-corrected chi connectivity index (χ3v) is 3.63. The minimum atomic E-state index is 0.381. The van der Waals surface area contributed by atoms with Gasteiger partial charge in [-0.05, 0) is 12.1 Å². The van der Waals surface area contributed by atoms with E-state index in [0.717, 1.165) is 16.6 Å². The van der Waals surface area contributed by atoms with Crippen molar-refractivity contribution in [3.63, 3.8) is 0 Å². The van der Waals surface area contributed by atoms with Gasteiger partial charge in [-0.3, -0.25) is 4.98 Å². The lowest BCUT2D eigenvalue weighted by Crippen LogP contribution is -1.99. The molecule has 1 aromatic carbocycles. The van der Waals surface area contributed by atoms with Crippen LogP contribution in [-0.2, 0) is 5.75 Å². The van der Waals surface area contributed by atoms with E-state index in [0.29, 0.717) is 22.5 Å². The number of para-hydroxylation sites is 1. The summed E-state index contributed by atoms with van der Waals surface area (Å²) in [5, 5.41) is 1.70. The van der Waals surface area contributed by atoms with E-state index in [4.69, 9.17) is 11.5 Å². The fraction of sp³-hybridized carbons (Fsp3) is 0.0714. The van der Waals surface area contributed by atoms with Crippen LogP contribution in [0, 0.1) is 0 Å². The van der Waals surface area contributed by atoms with Crippen LogP contribution in [0.1, 0.15) is 5.69 Å². The van der Waals surface area contributed by atoms with E-state index in [1.54, 1.807) is 6.07 Å².